The van der Waals surface area contributed by atoms with Gasteiger partial charge in [0.1, 0.15) is 5.78 Å². The molecule has 0 aromatic heterocycles. The van der Waals surface area contributed by atoms with E-state index in [-0.39, 0.29) is 11.8 Å². The molecule has 0 aromatic rings. The quantitative estimate of drug-likeness (QED) is 0.451. The summed E-state index contributed by atoms with van der Waals surface area (Å²) in [5, 5.41) is 0. The fourth-order valence-corrected chi connectivity index (χ4v) is 1.10. The van der Waals surface area contributed by atoms with Crippen molar-refractivity contribution in [3.63, 3.8) is 0 Å². The van der Waals surface area contributed by atoms with Crippen LogP contribution in [0.1, 0.15) is 45.4 Å². The standard InChI is InChI=1S/C10H18O3/c1-9(11)7-5-3-4-6-8-10(12)13-2/h3-8H2,1-2H3. The molecule has 3 nitrogen and oxygen atoms in total. The minimum atomic E-state index is -0.147. The Labute approximate surface area is 79.5 Å². The third-order valence-electron chi connectivity index (χ3n) is 1.89. The van der Waals surface area contributed by atoms with E-state index in [2.05, 4.69) is 4.74 Å². The maximum atomic E-state index is 10.7. The molecule has 0 atom stereocenters. The van der Waals surface area contributed by atoms with Crippen LogP contribution < -0.4 is 0 Å². The number of esters is 1. The Hall–Kier alpha value is -0.860. The van der Waals surface area contributed by atoms with Gasteiger partial charge in [-0.2, -0.15) is 0 Å². The van der Waals surface area contributed by atoms with Crippen molar-refractivity contribution < 1.29 is 14.3 Å². The van der Waals surface area contributed by atoms with Gasteiger partial charge in [-0.25, -0.2) is 0 Å². The van der Waals surface area contributed by atoms with Gasteiger partial charge in [0.15, 0.2) is 0 Å². The van der Waals surface area contributed by atoms with Crippen LogP contribution in [0.4, 0.5) is 0 Å². The van der Waals surface area contributed by atoms with E-state index in [4.69, 9.17) is 0 Å². The van der Waals surface area contributed by atoms with Crippen LogP contribution in [0.3, 0.4) is 0 Å². The Morgan fingerprint density at radius 3 is 2.00 bits per heavy atom. The fraction of sp³-hybridized carbons (Fsp3) is 0.800. The van der Waals surface area contributed by atoms with Crippen LogP contribution in [0, 0.1) is 0 Å². The van der Waals surface area contributed by atoms with Crippen LogP contribution in [0.2, 0.25) is 0 Å². The lowest BCUT2D eigenvalue weighted by atomic mass is 10.1. The second-order valence-corrected chi connectivity index (χ2v) is 3.19. The highest BCUT2D eigenvalue weighted by Gasteiger charge is 1.99. The average Bonchev–Trinajstić information content (AvgIpc) is 2.10. The van der Waals surface area contributed by atoms with Gasteiger partial charge in [0, 0.05) is 12.8 Å². The lowest BCUT2D eigenvalue weighted by Crippen LogP contribution is -1.99. The summed E-state index contributed by atoms with van der Waals surface area (Å²) in [6, 6.07) is 0. The molecule has 3 heteroatoms. The summed E-state index contributed by atoms with van der Waals surface area (Å²) in [7, 11) is 1.40. The van der Waals surface area contributed by atoms with Crippen LogP contribution >= 0.6 is 0 Å². The van der Waals surface area contributed by atoms with Crippen molar-refractivity contribution in [2.45, 2.75) is 45.4 Å². The highest BCUT2D eigenvalue weighted by Crippen LogP contribution is 2.05. The molecule has 0 aliphatic rings. The Morgan fingerprint density at radius 1 is 1.00 bits per heavy atom. The number of hydrogen-bond acceptors (Lipinski definition) is 3. The van der Waals surface area contributed by atoms with E-state index in [1.54, 1.807) is 6.92 Å². The van der Waals surface area contributed by atoms with E-state index < -0.39 is 0 Å². The van der Waals surface area contributed by atoms with Crippen molar-refractivity contribution in [1.82, 2.24) is 0 Å². The Morgan fingerprint density at radius 2 is 1.54 bits per heavy atom. The highest BCUT2D eigenvalue weighted by molar-refractivity contribution is 5.75. The Bertz CT molecular complexity index is 164. The smallest absolute Gasteiger partial charge is 0.305 e. The van der Waals surface area contributed by atoms with Gasteiger partial charge in [0.25, 0.3) is 0 Å². The molecule has 0 spiro atoms. The normalized spacial score (nSPS) is 9.69. The van der Waals surface area contributed by atoms with Crippen LogP contribution in [0.5, 0.6) is 0 Å². The van der Waals surface area contributed by atoms with E-state index in [1.807, 2.05) is 0 Å². The molecular formula is C10H18O3. The molecule has 0 bridgehead atoms. The number of rotatable bonds is 7. The minimum absolute atomic E-state index is 0.147. The number of methoxy groups -OCH3 is 1. The molecule has 0 N–H and O–H groups in total. The Balaban J connectivity index is 3.08. The number of carbonyl (C=O) groups is 2. The average molecular weight is 186 g/mol. The SMILES string of the molecule is COC(=O)CCCCCCC(C)=O. The predicted octanol–water partition coefficient (Wildman–Crippen LogP) is 2.09. The van der Waals surface area contributed by atoms with E-state index in [0.29, 0.717) is 12.8 Å². The van der Waals surface area contributed by atoms with Crippen molar-refractivity contribution in [2.75, 3.05) is 7.11 Å². The van der Waals surface area contributed by atoms with Gasteiger partial charge in [0.05, 0.1) is 7.11 Å². The molecule has 0 aliphatic carbocycles. The maximum absolute atomic E-state index is 10.7. The van der Waals surface area contributed by atoms with Crippen LogP contribution in [0.25, 0.3) is 0 Å². The summed E-state index contributed by atoms with van der Waals surface area (Å²) < 4.78 is 4.50. The van der Waals surface area contributed by atoms with E-state index in [1.165, 1.54) is 7.11 Å². The summed E-state index contributed by atoms with van der Waals surface area (Å²) >= 11 is 0. The molecule has 76 valence electrons. The zero-order chi connectivity index (χ0) is 10.1. The lowest BCUT2D eigenvalue weighted by Gasteiger charge is -1.99. The van der Waals surface area contributed by atoms with Crippen LogP contribution in [0.15, 0.2) is 0 Å². The van der Waals surface area contributed by atoms with E-state index in [9.17, 15) is 9.59 Å². The number of ketones is 1. The summed E-state index contributed by atoms with van der Waals surface area (Å²) in [6.07, 6.45) is 4.99. The molecule has 0 fully saturated rings. The third kappa shape index (κ3) is 9.05. The van der Waals surface area contributed by atoms with Gasteiger partial charge in [-0.15, -0.1) is 0 Å². The molecule has 0 aromatic carbocycles. The first-order valence-electron chi connectivity index (χ1n) is 4.73. The Kier molecular flexibility index (Phi) is 7.26. The topological polar surface area (TPSA) is 43.4 Å². The van der Waals surface area contributed by atoms with Crippen LogP contribution in [-0.4, -0.2) is 18.9 Å². The van der Waals surface area contributed by atoms with E-state index >= 15 is 0 Å². The van der Waals surface area contributed by atoms with Gasteiger partial charge in [-0.05, 0) is 19.8 Å². The maximum Gasteiger partial charge on any atom is 0.305 e. The fourth-order valence-electron chi connectivity index (χ4n) is 1.10. The molecule has 0 aliphatic heterocycles. The van der Waals surface area contributed by atoms with Crippen molar-refractivity contribution in [1.29, 1.82) is 0 Å². The number of unbranched alkanes of at least 4 members (excludes halogenated alkanes) is 3. The van der Waals surface area contributed by atoms with Crippen molar-refractivity contribution in [2.24, 2.45) is 0 Å². The summed E-state index contributed by atoms with van der Waals surface area (Å²) in [5.74, 6) is 0.0968. The molecule has 0 unspecified atom stereocenters. The number of hydrogen-bond donors (Lipinski definition) is 0. The van der Waals surface area contributed by atoms with E-state index in [0.717, 1.165) is 25.7 Å². The number of carbonyl (C=O) groups excluding carboxylic acids is 2. The lowest BCUT2D eigenvalue weighted by molar-refractivity contribution is -0.140. The number of Topliss-reactive ketones (excluding diaryl/α,β-unsaturated/α-hetero) is 1. The largest absolute Gasteiger partial charge is 0.469 e. The molecule has 0 radical (unpaired) electrons. The first-order valence-corrected chi connectivity index (χ1v) is 4.73. The molecular weight excluding hydrogens is 168 g/mol. The van der Waals surface area contributed by atoms with Gasteiger partial charge in [-0.3, -0.25) is 4.79 Å². The monoisotopic (exact) mass is 186 g/mol. The second kappa shape index (κ2) is 7.77. The summed E-state index contributed by atoms with van der Waals surface area (Å²) in [4.78, 5) is 21.2. The highest BCUT2D eigenvalue weighted by atomic mass is 16.5. The van der Waals surface area contributed by atoms with Crippen molar-refractivity contribution in [3.8, 4) is 0 Å². The first-order chi connectivity index (χ1) is 6.16. The molecule has 0 heterocycles. The summed E-state index contributed by atoms with van der Waals surface area (Å²) in [6.45, 7) is 1.61. The zero-order valence-corrected chi connectivity index (χ0v) is 8.47. The number of ether oxygens (including phenoxy) is 1. The zero-order valence-electron chi connectivity index (χ0n) is 8.47. The molecule has 0 rings (SSSR count). The molecule has 0 saturated carbocycles. The van der Waals surface area contributed by atoms with Crippen molar-refractivity contribution in [3.05, 3.63) is 0 Å². The van der Waals surface area contributed by atoms with Gasteiger partial charge < -0.3 is 9.53 Å². The van der Waals surface area contributed by atoms with Gasteiger partial charge in [-0.1, -0.05) is 12.8 Å². The molecule has 0 amide bonds. The predicted molar refractivity (Wildman–Crippen MR) is 50.4 cm³/mol. The first kappa shape index (κ1) is 12.1. The van der Waals surface area contributed by atoms with Crippen LogP contribution in [-0.2, 0) is 14.3 Å². The van der Waals surface area contributed by atoms with Crippen molar-refractivity contribution >= 4 is 11.8 Å². The van der Waals surface area contributed by atoms with Gasteiger partial charge in [0.2, 0.25) is 0 Å². The third-order valence-corrected chi connectivity index (χ3v) is 1.89. The molecule has 0 saturated heterocycles. The van der Waals surface area contributed by atoms with Gasteiger partial charge >= 0.3 is 5.97 Å². The minimum Gasteiger partial charge on any atom is -0.469 e. The summed E-state index contributed by atoms with van der Waals surface area (Å²) in [5.41, 5.74) is 0. The molecule has 13 heavy (non-hydrogen) atoms. The second-order valence-electron chi connectivity index (χ2n) is 3.19.